The summed E-state index contributed by atoms with van der Waals surface area (Å²) in [5.74, 6) is -0.348. The number of urea groups is 1. The van der Waals surface area contributed by atoms with Crippen LogP contribution in [0.5, 0.6) is 0 Å². The fourth-order valence-electron chi connectivity index (χ4n) is 4.03. The molecule has 1 saturated heterocycles. The molecule has 1 saturated carbocycles. The highest BCUT2D eigenvalue weighted by atomic mass is 16.2. The maximum Gasteiger partial charge on any atom is 0.325 e. The van der Waals surface area contributed by atoms with Crippen LogP contribution in [0, 0.1) is 0 Å². The number of nitrogens with one attached hydrogen (secondary N) is 1. The van der Waals surface area contributed by atoms with Crippen molar-refractivity contribution in [2.75, 3.05) is 6.54 Å². The average Bonchev–Trinajstić information content (AvgIpc) is 2.77. The van der Waals surface area contributed by atoms with E-state index < -0.39 is 11.6 Å². The Labute approximate surface area is 151 Å². The molecular weight excluding hydrogens is 318 g/mol. The van der Waals surface area contributed by atoms with Gasteiger partial charge < -0.3 is 10.2 Å². The molecule has 6 nitrogen and oxygen atoms in total. The summed E-state index contributed by atoms with van der Waals surface area (Å²) in [5.41, 5.74) is -0.772. The van der Waals surface area contributed by atoms with Gasteiger partial charge in [-0.15, -0.1) is 0 Å². The molecule has 2 rings (SSSR count). The first kappa shape index (κ1) is 19.7. The van der Waals surface area contributed by atoms with Crippen molar-refractivity contribution in [1.29, 1.82) is 0 Å². The summed E-state index contributed by atoms with van der Waals surface area (Å²) in [6.45, 7) is 7.97. The van der Waals surface area contributed by atoms with E-state index in [1.54, 1.807) is 0 Å². The molecule has 6 heteroatoms. The normalized spacial score (nSPS) is 22.5. The second kappa shape index (κ2) is 8.19. The molecule has 0 aromatic rings. The highest BCUT2D eigenvalue weighted by Crippen LogP contribution is 2.32. The number of hydrogen-bond acceptors (Lipinski definition) is 3. The minimum Gasteiger partial charge on any atom is -0.336 e. The fraction of sp³-hybridized carbons (Fsp3) is 0.842. The molecule has 2 aliphatic rings. The third-order valence-corrected chi connectivity index (χ3v) is 5.92. The SMILES string of the molecule is CC[C@H](C)N(C(=O)CN1C(=O)NC2(CCCCCC2)C1=O)[C@@H](C)CC. The first-order chi connectivity index (χ1) is 11.9. The van der Waals surface area contributed by atoms with Crippen LogP contribution in [0.2, 0.25) is 0 Å². The molecule has 1 spiro atoms. The minimum atomic E-state index is -0.772. The molecule has 1 heterocycles. The van der Waals surface area contributed by atoms with Crippen molar-refractivity contribution in [3.63, 3.8) is 0 Å². The lowest BCUT2D eigenvalue weighted by atomic mass is 9.90. The second-order valence-electron chi connectivity index (χ2n) is 7.63. The van der Waals surface area contributed by atoms with Crippen molar-refractivity contribution in [1.82, 2.24) is 15.1 Å². The molecule has 1 N–H and O–H groups in total. The summed E-state index contributed by atoms with van der Waals surface area (Å²) in [4.78, 5) is 41.2. The molecule has 0 unspecified atom stereocenters. The van der Waals surface area contributed by atoms with Gasteiger partial charge >= 0.3 is 6.03 Å². The number of carbonyl (C=O) groups is 3. The van der Waals surface area contributed by atoms with Crippen molar-refractivity contribution in [3.05, 3.63) is 0 Å². The molecule has 2 fully saturated rings. The van der Waals surface area contributed by atoms with E-state index in [1.807, 2.05) is 32.6 Å². The van der Waals surface area contributed by atoms with E-state index in [9.17, 15) is 14.4 Å². The minimum absolute atomic E-state index is 0.0926. The number of amides is 4. The maximum atomic E-state index is 13.0. The number of imide groups is 1. The van der Waals surface area contributed by atoms with Gasteiger partial charge in [-0.25, -0.2) is 4.79 Å². The van der Waals surface area contributed by atoms with Crippen LogP contribution in [0.3, 0.4) is 0 Å². The van der Waals surface area contributed by atoms with E-state index in [1.165, 1.54) is 0 Å². The van der Waals surface area contributed by atoms with Crippen molar-refractivity contribution in [2.24, 2.45) is 0 Å². The van der Waals surface area contributed by atoms with Crippen molar-refractivity contribution in [2.45, 2.75) is 96.7 Å². The van der Waals surface area contributed by atoms with Crippen molar-refractivity contribution >= 4 is 17.8 Å². The predicted octanol–water partition coefficient (Wildman–Crippen LogP) is 3.06. The summed E-state index contributed by atoms with van der Waals surface area (Å²) in [6.07, 6.45) is 7.14. The lowest BCUT2D eigenvalue weighted by Crippen LogP contribution is -2.50. The summed E-state index contributed by atoms with van der Waals surface area (Å²) in [5, 5.41) is 2.91. The zero-order chi connectivity index (χ0) is 18.6. The lowest BCUT2D eigenvalue weighted by Gasteiger charge is -2.35. The molecule has 4 amide bonds. The van der Waals surface area contributed by atoms with Gasteiger partial charge in [0.2, 0.25) is 5.91 Å². The van der Waals surface area contributed by atoms with E-state index in [0.717, 1.165) is 43.4 Å². The summed E-state index contributed by atoms with van der Waals surface area (Å²) >= 11 is 0. The summed E-state index contributed by atoms with van der Waals surface area (Å²) in [6, 6.07) is -0.224. The fourth-order valence-corrected chi connectivity index (χ4v) is 4.03. The zero-order valence-corrected chi connectivity index (χ0v) is 16.1. The molecule has 0 bridgehead atoms. The maximum absolute atomic E-state index is 13.0. The Hall–Kier alpha value is -1.59. The van der Waals surface area contributed by atoms with Crippen LogP contribution >= 0.6 is 0 Å². The van der Waals surface area contributed by atoms with Crippen molar-refractivity contribution < 1.29 is 14.4 Å². The number of nitrogens with zero attached hydrogens (tertiary/aromatic N) is 2. The van der Waals surface area contributed by atoms with Gasteiger partial charge in [0.05, 0.1) is 0 Å². The quantitative estimate of drug-likeness (QED) is 0.748. The molecule has 1 aliphatic heterocycles. The van der Waals surface area contributed by atoms with E-state index in [0.29, 0.717) is 12.8 Å². The Kier molecular flexibility index (Phi) is 6.47. The summed E-state index contributed by atoms with van der Waals surface area (Å²) in [7, 11) is 0. The van der Waals surface area contributed by atoms with Gasteiger partial charge in [0, 0.05) is 12.1 Å². The van der Waals surface area contributed by atoms with Gasteiger partial charge in [-0.2, -0.15) is 0 Å². The summed E-state index contributed by atoms with van der Waals surface area (Å²) < 4.78 is 0. The Morgan fingerprint density at radius 3 is 2.08 bits per heavy atom. The standard InChI is InChI=1S/C19H33N3O3/c1-5-14(3)22(15(4)6-2)16(23)13-21-17(24)19(20-18(21)25)11-9-7-8-10-12-19/h14-15H,5-13H2,1-4H3,(H,20,25)/t14-,15-/m0/s1. The van der Waals surface area contributed by atoms with Crippen LogP contribution in [-0.4, -0.2) is 51.8 Å². The highest BCUT2D eigenvalue weighted by Gasteiger charge is 2.51. The average molecular weight is 351 g/mol. The number of rotatable bonds is 6. The topological polar surface area (TPSA) is 69.7 Å². The first-order valence-corrected chi connectivity index (χ1v) is 9.81. The Morgan fingerprint density at radius 2 is 1.60 bits per heavy atom. The Morgan fingerprint density at radius 1 is 1.08 bits per heavy atom. The van der Waals surface area contributed by atoms with E-state index in [4.69, 9.17) is 0 Å². The van der Waals surface area contributed by atoms with Gasteiger partial charge in [0.25, 0.3) is 5.91 Å². The third-order valence-electron chi connectivity index (χ3n) is 5.92. The van der Waals surface area contributed by atoms with E-state index in [-0.39, 0.29) is 30.4 Å². The Balaban J connectivity index is 2.14. The lowest BCUT2D eigenvalue weighted by molar-refractivity contribution is -0.142. The molecule has 1 aliphatic carbocycles. The molecular formula is C19H33N3O3. The van der Waals surface area contributed by atoms with Crippen molar-refractivity contribution in [3.8, 4) is 0 Å². The third kappa shape index (κ3) is 3.98. The number of carbonyl (C=O) groups excluding carboxylic acids is 3. The monoisotopic (exact) mass is 351 g/mol. The first-order valence-electron chi connectivity index (χ1n) is 9.81. The van der Waals surface area contributed by atoms with Crippen LogP contribution < -0.4 is 5.32 Å². The smallest absolute Gasteiger partial charge is 0.325 e. The molecule has 0 aromatic heterocycles. The molecule has 0 radical (unpaired) electrons. The largest absolute Gasteiger partial charge is 0.336 e. The van der Waals surface area contributed by atoms with Crippen LogP contribution in [0.25, 0.3) is 0 Å². The molecule has 142 valence electrons. The van der Waals surface area contributed by atoms with Crippen LogP contribution in [-0.2, 0) is 9.59 Å². The van der Waals surface area contributed by atoms with Crippen LogP contribution in [0.1, 0.15) is 79.1 Å². The molecule has 25 heavy (non-hydrogen) atoms. The Bertz CT molecular complexity index is 502. The zero-order valence-electron chi connectivity index (χ0n) is 16.1. The molecule has 0 aromatic carbocycles. The number of hydrogen-bond donors (Lipinski definition) is 1. The molecule has 2 atom stereocenters. The predicted molar refractivity (Wildman–Crippen MR) is 97.0 cm³/mol. The van der Waals surface area contributed by atoms with E-state index in [2.05, 4.69) is 5.32 Å². The van der Waals surface area contributed by atoms with Gasteiger partial charge in [-0.3, -0.25) is 14.5 Å². The van der Waals surface area contributed by atoms with Gasteiger partial charge in [-0.05, 0) is 39.5 Å². The van der Waals surface area contributed by atoms with Gasteiger partial charge in [0.15, 0.2) is 0 Å². The highest BCUT2D eigenvalue weighted by molar-refractivity contribution is 6.09. The second-order valence-corrected chi connectivity index (χ2v) is 7.63. The van der Waals surface area contributed by atoms with Crippen LogP contribution in [0.4, 0.5) is 4.79 Å². The van der Waals surface area contributed by atoms with Gasteiger partial charge in [0.1, 0.15) is 12.1 Å². The van der Waals surface area contributed by atoms with Crippen LogP contribution in [0.15, 0.2) is 0 Å². The van der Waals surface area contributed by atoms with Gasteiger partial charge in [-0.1, -0.05) is 39.5 Å². The van der Waals surface area contributed by atoms with E-state index >= 15 is 0 Å².